The zero-order valence-electron chi connectivity index (χ0n) is 18.1. The highest BCUT2D eigenvalue weighted by Gasteiger charge is 2.25. The lowest BCUT2D eigenvalue weighted by Gasteiger charge is -2.16. The zero-order valence-corrected chi connectivity index (χ0v) is 19.0. The zero-order chi connectivity index (χ0) is 22.6. The van der Waals surface area contributed by atoms with Crippen molar-refractivity contribution in [3.05, 3.63) is 72.3 Å². The van der Waals surface area contributed by atoms with Crippen LogP contribution in [-0.2, 0) is 9.53 Å². The molecular weight excluding hydrogens is 436 g/mol. The van der Waals surface area contributed by atoms with Crippen molar-refractivity contribution in [2.75, 3.05) is 35.7 Å². The average molecular weight is 461 g/mol. The van der Waals surface area contributed by atoms with E-state index in [1.54, 1.807) is 17.4 Å². The SMILES string of the molecule is COC(C(=O)Nc1ccc(NC2CCN(c3nc4ccccc4s3)C2)nn1)c1ccccc1. The summed E-state index contributed by atoms with van der Waals surface area (Å²) in [5.74, 6) is 0.766. The van der Waals surface area contributed by atoms with E-state index in [0.717, 1.165) is 35.7 Å². The van der Waals surface area contributed by atoms with Crippen molar-refractivity contribution in [3.8, 4) is 0 Å². The molecule has 1 amide bonds. The minimum absolute atomic E-state index is 0.253. The van der Waals surface area contributed by atoms with Gasteiger partial charge in [-0.05, 0) is 36.2 Å². The van der Waals surface area contributed by atoms with Gasteiger partial charge in [0.1, 0.15) is 5.82 Å². The van der Waals surface area contributed by atoms with E-state index in [4.69, 9.17) is 9.72 Å². The molecule has 1 saturated heterocycles. The number of ether oxygens (including phenoxy) is 1. The summed E-state index contributed by atoms with van der Waals surface area (Å²) in [7, 11) is 1.51. The summed E-state index contributed by atoms with van der Waals surface area (Å²) in [6, 6.07) is 21.4. The Hall–Kier alpha value is -3.56. The van der Waals surface area contributed by atoms with Gasteiger partial charge in [0.25, 0.3) is 5.91 Å². The molecule has 33 heavy (non-hydrogen) atoms. The van der Waals surface area contributed by atoms with Crippen molar-refractivity contribution < 1.29 is 9.53 Å². The molecule has 0 bridgehead atoms. The maximum atomic E-state index is 12.6. The van der Waals surface area contributed by atoms with Crippen LogP contribution in [0.3, 0.4) is 0 Å². The number of rotatable bonds is 7. The molecule has 2 N–H and O–H groups in total. The average Bonchev–Trinajstić information content (AvgIpc) is 3.48. The third kappa shape index (κ3) is 4.79. The summed E-state index contributed by atoms with van der Waals surface area (Å²) in [5, 5.41) is 15.7. The van der Waals surface area contributed by atoms with E-state index in [2.05, 4.69) is 31.8 Å². The van der Waals surface area contributed by atoms with E-state index < -0.39 is 6.10 Å². The normalized spacial score (nSPS) is 16.6. The number of hydrogen-bond donors (Lipinski definition) is 2. The first-order chi connectivity index (χ1) is 16.2. The van der Waals surface area contributed by atoms with Crippen molar-refractivity contribution in [1.82, 2.24) is 15.2 Å². The second kappa shape index (κ2) is 9.51. The molecule has 1 aliphatic heterocycles. The van der Waals surface area contributed by atoms with Gasteiger partial charge in [0.15, 0.2) is 17.1 Å². The van der Waals surface area contributed by atoms with E-state index in [1.165, 1.54) is 11.8 Å². The Morgan fingerprint density at radius 3 is 2.58 bits per heavy atom. The minimum Gasteiger partial charge on any atom is -0.367 e. The smallest absolute Gasteiger partial charge is 0.259 e. The van der Waals surface area contributed by atoms with Crippen LogP contribution >= 0.6 is 11.3 Å². The molecule has 4 aromatic rings. The first kappa shape index (κ1) is 21.3. The number of anilines is 3. The molecule has 3 heterocycles. The predicted molar refractivity (Wildman–Crippen MR) is 131 cm³/mol. The largest absolute Gasteiger partial charge is 0.367 e. The second-order valence-electron chi connectivity index (χ2n) is 7.86. The minimum atomic E-state index is -0.710. The van der Waals surface area contributed by atoms with Crippen molar-refractivity contribution in [1.29, 1.82) is 0 Å². The second-order valence-corrected chi connectivity index (χ2v) is 8.87. The molecule has 0 saturated carbocycles. The maximum Gasteiger partial charge on any atom is 0.259 e. The van der Waals surface area contributed by atoms with Crippen molar-refractivity contribution in [2.24, 2.45) is 0 Å². The third-order valence-electron chi connectivity index (χ3n) is 5.59. The number of nitrogens with one attached hydrogen (secondary N) is 2. The van der Waals surface area contributed by atoms with E-state index in [0.29, 0.717) is 11.6 Å². The molecule has 2 aromatic carbocycles. The molecule has 8 nitrogen and oxygen atoms in total. The molecule has 5 rings (SSSR count). The van der Waals surface area contributed by atoms with Crippen LogP contribution in [0, 0.1) is 0 Å². The van der Waals surface area contributed by atoms with E-state index in [1.807, 2.05) is 54.6 Å². The van der Waals surface area contributed by atoms with Crippen LogP contribution in [0.2, 0.25) is 0 Å². The Labute approximate surface area is 195 Å². The number of benzene rings is 2. The molecular formula is C24H24N6O2S. The summed E-state index contributed by atoms with van der Waals surface area (Å²) >= 11 is 1.72. The van der Waals surface area contributed by atoms with E-state index in [9.17, 15) is 4.79 Å². The molecule has 2 aromatic heterocycles. The molecule has 2 unspecified atom stereocenters. The Balaban J connectivity index is 1.17. The van der Waals surface area contributed by atoms with Crippen LogP contribution in [0.4, 0.5) is 16.8 Å². The Morgan fingerprint density at radius 1 is 1.06 bits per heavy atom. The van der Waals surface area contributed by atoms with Gasteiger partial charge in [0.05, 0.1) is 10.2 Å². The Kier molecular flexibility index (Phi) is 6.14. The maximum absolute atomic E-state index is 12.6. The Bertz CT molecular complexity index is 1200. The lowest BCUT2D eigenvalue weighted by atomic mass is 10.1. The van der Waals surface area contributed by atoms with E-state index in [-0.39, 0.29) is 11.9 Å². The van der Waals surface area contributed by atoms with Crippen LogP contribution in [-0.4, -0.2) is 47.3 Å². The van der Waals surface area contributed by atoms with Crippen LogP contribution in [0.25, 0.3) is 10.2 Å². The molecule has 2 atom stereocenters. The highest BCUT2D eigenvalue weighted by molar-refractivity contribution is 7.22. The predicted octanol–water partition coefficient (Wildman–Crippen LogP) is 4.10. The molecule has 1 aliphatic rings. The Morgan fingerprint density at radius 2 is 1.82 bits per heavy atom. The third-order valence-corrected chi connectivity index (χ3v) is 6.68. The number of aromatic nitrogens is 3. The van der Waals surface area contributed by atoms with Crippen LogP contribution in [0.5, 0.6) is 0 Å². The molecule has 0 aliphatic carbocycles. The van der Waals surface area contributed by atoms with E-state index >= 15 is 0 Å². The lowest BCUT2D eigenvalue weighted by Crippen LogP contribution is -2.26. The first-order valence-corrected chi connectivity index (χ1v) is 11.6. The van der Waals surface area contributed by atoms with Crippen LogP contribution in [0.15, 0.2) is 66.7 Å². The number of methoxy groups -OCH3 is 1. The molecule has 0 spiro atoms. The molecule has 0 radical (unpaired) electrons. The molecule has 9 heteroatoms. The number of thiazole rings is 1. The fourth-order valence-electron chi connectivity index (χ4n) is 3.95. The highest BCUT2D eigenvalue weighted by Crippen LogP contribution is 2.31. The van der Waals surface area contributed by atoms with Gasteiger partial charge >= 0.3 is 0 Å². The van der Waals surface area contributed by atoms with Gasteiger partial charge in [-0.3, -0.25) is 4.79 Å². The van der Waals surface area contributed by atoms with Crippen molar-refractivity contribution >= 4 is 44.2 Å². The van der Waals surface area contributed by atoms with Gasteiger partial charge in [-0.2, -0.15) is 0 Å². The quantitative estimate of drug-likeness (QED) is 0.429. The highest BCUT2D eigenvalue weighted by atomic mass is 32.1. The first-order valence-electron chi connectivity index (χ1n) is 10.8. The number of carbonyl (C=O) groups is 1. The molecule has 1 fully saturated rings. The summed E-state index contributed by atoms with van der Waals surface area (Å²) in [6.45, 7) is 1.80. The van der Waals surface area contributed by atoms with Gasteiger partial charge in [0, 0.05) is 26.2 Å². The summed E-state index contributed by atoms with van der Waals surface area (Å²) < 4.78 is 6.57. The summed E-state index contributed by atoms with van der Waals surface area (Å²) in [4.78, 5) is 19.7. The van der Waals surface area contributed by atoms with Crippen LogP contribution in [0.1, 0.15) is 18.1 Å². The number of amides is 1. The topological polar surface area (TPSA) is 92.3 Å². The summed E-state index contributed by atoms with van der Waals surface area (Å²) in [5.41, 5.74) is 1.82. The fourth-order valence-corrected chi connectivity index (χ4v) is 4.95. The standard InChI is InChI=1S/C24H24N6O2S/c1-32-22(16-7-3-2-4-8-16)23(31)27-21-12-11-20(28-29-21)25-17-13-14-30(15-17)24-26-18-9-5-6-10-19(18)33-24/h2-12,17,22H,13-15H2,1H3,(H,25,28)(H,27,29,31). The summed E-state index contributed by atoms with van der Waals surface area (Å²) in [6.07, 6.45) is 0.278. The van der Waals surface area contributed by atoms with Crippen LogP contribution < -0.4 is 15.5 Å². The number of hydrogen-bond acceptors (Lipinski definition) is 8. The van der Waals surface area contributed by atoms with Crippen molar-refractivity contribution in [3.63, 3.8) is 0 Å². The van der Waals surface area contributed by atoms with Gasteiger partial charge in [-0.1, -0.05) is 53.8 Å². The van der Waals surface area contributed by atoms with Gasteiger partial charge in [-0.15, -0.1) is 10.2 Å². The number of carbonyl (C=O) groups excluding carboxylic acids is 1. The van der Waals surface area contributed by atoms with Gasteiger partial charge in [-0.25, -0.2) is 4.98 Å². The monoisotopic (exact) mass is 460 g/mol. The lowest BCUT2D eigenvalue weighted by molar-refractivity contribution is -0.126. The number of fused-ring (bicyclic) bond motifs is 1. The number of para-hydroxylation sites is 1. The van der Waals surface area contributed by atoms with Gasteiger partial charge < -0.3 is 20.3 Å². The van der Waals surface area contributed by atoms with Gasteiger partial charge in [0.2, 0.25) is 0 Å². The van der Waals surface area contributed by atoms with Crippen molar-refractivity contribution in [2.45, 2.75) is 18.6 Å². The number of nitrogens with zero attached hydrogens (tertiary/aromatic N) is 4. The fraction of sp³-hybridized carbons (Fsp3) is 0.250. The molecule has 168 valence electrons.